The van der Waals surface area contributed by atoms with Crippen LogP contribution in [0.15, 0.2) is 36.4 Å². The smallest absolute Gasteiger partial charge is 0.387 e. The van der Waals surface area contributed by atoms with E-state index < -0.39 is 12.7 Å². The number of hydrogen-bond acceptors (Lipinski definition) is 6. The second-order valence-corrected chi connectivity index (χ2v) is 10.5. The number of nitrogens with zero attached hydrogens (tertiary/aromatic N) is 4. The molecule has 3 aromatic rings. The third-order valence-corrected chi connectivity index (χ3v) is 8.18. The van der Waals surface area contributed by atoms with E-state index in [2.05, 4.69) is 33.1 Å². The fourth-order valence-electron chi connectivity index (χ4n) is 5.96. The summed E-state index contributed by atoms with van der Waals surface area (Å²) >= 11 is 0. The van der Waals surface area contributed by atoms with Crippen LogP contribution in [-0.2, 0) is 4.74 Å². The predicted octanol–water partition coefficient (Wildman–Crippen LogP) is 5.14. The van der Waals surface area contributed by atoms with Crippen molar-refractivity contribution >= 4 is 17.3 Å². The van der Waals surface area contributed by atoms with E-state index in [4.69, 9.17) is 14.5 Å². The highest BCUT2D eigenvalue weighted by Gasteiger charge is 2.41. The molecule has 212 valence electrons. The number of hydrogen-bond donors (Lipinski definition) is 0. The number of likely N-dealkylation sites (tertiary alicyclic amines) is 1. The fourth-order valence-corrected chi connectivity index (χ4v) is 5.96. The number of ether oxygens (including phenoxy) is 2. The molecule has 0 spiro atoms. The lowest BCUT2D eigenvalue weighted by Crippen LogP contribution is -2.63. The molecule has 6 rings (SSSR count). The second-order valence-electron chi connectivity index (χ2n) is 10.5. The van der Waals surface area contributed by atoms with Crippen LogP contribution in [0.5, 0.6) is 5.75 Å². The molecule has 0 saturated carbocycles. The van der Waals surface area contributed by atoms with E-state index in [1.165, 1.54) is 6.07 Å². The van der Waals surface area contributed by atoms with E-state index in [-0.39, 0.29) is 11.8 Å². The van der Waals surface area contributed by atoms with Crippen molar-refractivity contribution in [3.05, 3.63) is 58.9 Å². The number of carbonyl (C=O) groups excluding carboxylic acids is 1. The SMILES string of the molecule is CC.CC1C(C#Cc2ccc3nc4n(c3c2)[C@@H](c2c(C=O)cccc2OC(F)F)CC4N(C)C)CN1C1COC1. The molecular formula is C31H36F2N4O3. The predicted molar refractivity (Wildman–Crippen MR) is 150 cm³/mol. The molecule has 2 saturated heterocycles. The standard InChI is InChI=1S/C29H30F2N4O3.C2H6/c1-17-19(13-34(17)21-15-37-16-21)9-7-18-8-10-22-23(11-18)35-24(12-25(33(2)3)28(35)32-22)27-20(14-36)5-4-6-26(27)38-29(30)31;1-2/h4-6,8,10-11,14,17,19,21,24-25,29H,12-13,15-16H2,1-3H3;1-2H3/t17?,19?,24-,25?;/m1./s1. The molecule has 3 unspecified atom stereocenters. The molecule has 4 heterocycles. The van der Waals surface area contributed by atoms with Gasteiger partial charge in [-0.05, 0) is 51.7 Å². The summed E-state index contributed by atoms with van der Waals surface area (Å²) < 4.78 is 38.9. The number of aromatic nitrogens is 2. The Balaban J connectivity index is 0.00000158. The number of halogens is 2. The summed E-state index contributed by atoms with van der Waals surface area (Å²) in [6, 6.07) is 11.1. The van der Waals surface area contributed by atoms with Gasteiger partial charge in [0.15, 0.2) is 6.29 Å². The Kier molecular flexibility index (Phi) is 8.22. The van der Waals surface area contributed by atoms with Crippen molar-refractivity contribution in [1.82, 2.24) is 19.4 Å². The minimum absolute atomic E-state index is 0.0122. The van der Waals surface area contributed by atoms with Gasteiger partial charge < -0.3 is 14.0 Å². The highest BCUT2D eigenvalue weighted by molar-refractivity contribution is 5.82. The highest BCUT2D eigenvalue weighted by Crippen LogP contribution is 2.46. The van der Waals surface area contributed by atoms with Crippen molar-refractivity contribution in [2.24, 2.45) is 5.92 Å². The van der Waals surface area contributed by atoms with Crippen LogP contribution in [0.4, 0.5) is 8.78 Å². The lowest BCUT2D eigenvalue weighted by Gasteiger charge is -2.51. The lowest BCUT2D eigenvalue weighted by atomic mass is 9.88. The van der Waals surface area contributed by atoms with Crippen LogP contribution in [-0.4, -0.2) is 78.2 Å². The normalized spacial score (nSPS) is 24.0. The van der Waals surface area contributed by atoms with Crippen LogP contribution in [0.25, 0.3) is 11.0 Å². The first kappa shape index (κ1) is 28.2. The number of rotatable bonds is 6. The first-order valence-corrected chi connectivity index (χ1v) is 13.9. The quantitative estimate of drug-likeness (QED) is 0.313. The summed E-state index contributed by atoms with van der Waals surface area (Å²) in [6.45, 7) is 5.78. The maximum Gasteiger partial charge on any atom is 0.387 e. The Morgan fingerprint density at radius 1 is 1.20 bits per heavy atom. The van der Waals surface area contributed by atoms with Gasteiger partial charge in [0.25, 0.3) is 0 Å². The van der Waals surface area contributed by atoms with Crippen molar-refractivity contribution in [3.63, 3.8) is 0 Å². The van der Waals surface area contributed by atoms with Crippen LogP contribution < -0.4 is 4.74 Å². The Morgan fingerprint density at radius 2 is 1.98 bits per heavy atom. The summed E-state index contributed by atoms with van der Waals surface area (Å²) in [5, 5.41) is 0. The largest absolute Gasteiger partial charge is 0.434 e. The Hall–Kier alpha value is -3.32. The average molecular weight is 551 g/mol. The minimum Gasteiger partial charge on any atom is -0.434 e. The summed E-state index contributed by atoms with van der Waals surface area (Å²) in [5.74, 6) is 7.94. The van der Waals surface area contributed by atoms with E-state index in [0.29, 0.717) is 41.8 Å². The topological polar surface area (TPSA) is 59.8 Å². The molecule has 9 heteroatoms. The molecule has 2 fully saturated rings. The van der Waals surface area contributed by atoms with Gasteiger partial charge >= 0.3 is 6.61 Å². The molecule has 3 aliphatic rings. The molecule has 0 bridgehead atoms. The third kappa shape index (κ3) is 5.00. The maximum absolute atomic E-state index is 13.3. The third-order valence-electron chi connectivity index (χ3n) is 8.18. The van der Waals surface area contributed by atoms with Gasteiger partial charge in [0.05, 0.1) is 42.4 Å². The maximum atomic E-state index is 13.3. The molecule has 0 amide bonds. The van der Waals surface area contributed by atoms with Gasteiger partial charge in [0, 0.05) is 35.2 Å². The second kappa shape index (κ2) is 11.7. The number of alkyl halides is 2. The number of imidazole rings is 1. The first-order chi connectivity index (χ1) is 19.4. The molecule has 0 N–H and O–H groups in total. The van der Waals surface area contributed by atoms with Crippen molar-refractivity contribution in [3.8, 4) is 17.6 Å². The zero-order valence-electron chi connectivity index (χ0n) is 23.6. The van der Waals surface area contributed by atoms with E-state index in [0.717, 1.165) is 42.2 Å². The first-order valence-electron chi connectivity index (χ1n) is 13.9. The number of benzene rings is 2. The highest BCUT2D eigenvalue weighted by atomic mass is 19.3. The minimum atomic E-state index is -3.00. The van der Waals surface area contributed by atoms with Gasteiger partial charge in [0.2, 0.25) is 0 Å². The molecule has 0 radical (unpaired) electrons. The van der Waals surface area contributed by atoms with Gasteiger partial charge in [-0.15, -0.1) is 0 Å². The fraction of sp³-hybridized carbons (Fsp3) is 0.484. The molecule has 0 aliphatic carbocycles. The lowest BCUT2D eigenvalue weighted by molar-refractivity contribution is -0.117. The van der Waals surface area contributed by atoms with Gasteiger partial charge in [-0.2, -0.15) is 8.78 Å². The van der Waals surface area contributed by atoms with Crippen LogP contribution in [0.2, 0.25) is 0 Å². The summed E-state index contributed by atoms with van der Waals surface area (Å²) in [6.07, 6.45) is 1.27. The monoisotopic (exact) mass is 550 g/mol. The van der Waals surface area contributed by atoms with Gasteiger partial charge in [0.1, 0.15) is 11.6 Å². The Morgan fingerprint density at radius 3 is 2.60 bits per heavy atom. The molecule has 40 heavy (non-hydrogen) atoms. The molecule has 3 aliphatic heterocycles. The van der Waals surface area contributed by atoms with Crippen molar-refractivity contribution < 1.29 is 23.0 Å². The Labute approximate surface area is 234 Å². The van der Waals surface area contributed by atoms with Crippen LogP contribution in [0, 0.1) is 17.8 Å². The molecule has 1 aromatic heterocycles. The molecule has 4 atom stereocenters. The van der Waals surface area contributed by atoms with Crippen LogP contribution in [0.3, 0.4) is 0 Å². The summed E-state index contributed by atoms with van der Waals surface area (Å²) in [4.78, 5) is 21.4. The zero-order valence-corrected chi connectivity index (χ0v) is 23.6. The van der Waals surface area contributed by atoms with E-state index in [9.17, 15) is 13.6 Å². The Bertz CT molecular complexity index is 1440. The van der Waals surface area contributed by atoms with Crippen LogP contribution >= 0.6 is 0 Å². The van der Waals surface area contributed by atoms with Gasteiger partial charge in [-0.1, -0.05) is 37.8 Å². The van der Waals surface area contributed by atoms with Crippen LogP contribution in [0.1, 0.15) is 66.6 Å². The van der Waals surface area contributed by atoms with Gasteiger partial charge in [-0.3, -0.25) is 14.6 Å². The number of aldehydes is 1. The summed E-state index contributed by atoms with van der Waals surface area (Å²) in [5.41, 5.74) is 3.32. The van der Waals surface area contributed by atoms with Gasteiger partial charge in [-0.25, -0.2) is 4.98 Å². The van der Waals surface area contributed by atoms with Crippen molar-refractivity contribution in [2.75, 3.05) is 33.9 Å². The zero-order chi connectivity index (χ0) is 28.6. The van der Waals surface area contributed by atoms with Crippen molar-refractivity contribution in [1.29, 1.82) is 0 Å². The average Bonchev–Trinajstić information content (AvgIpc) is 3.47. The molecular weight excluding hydrogens is 514 g/mol. The van der Waals surface area contributed by atoms with E-state index >= 15 is 0 Å². The van der Waals surface area contributed by atoms with E-state index in [1.54, 1.807) is 12.1 Å². The van der Waals surface area contributed by atoms with Crippen molar-refractivity contribution in [2.45, 2.75) is 58.0 Å². The molecule has 2 aromatic carbocycles. The summed E-state index contributed by atoms with van der Waals surface area (Å²) in [7, 11) is 3.93. The molecule has 7 nitrogen and oxygen atoms in total. The number of fused-ring (bicyclic) bond motifs is 3. The van der Waals surface area contributed by atoms with E-state index in [1.807, 2.05) is 46.1 Å². The number of carbonyl (C=O) groups is 1.